The topological polar surface area (TPSA) is 69.6 Å². The second-order valence-electron chi connectivity index (χ2n) is 5.85. The maximum atomic E-state index is 12.7. The molecule has 0 bridgehead atoms. The van der Waals surface area contributed by atoms with Crippen molar-refractivity contribution in [3.63, 3.8) is 0 Å². The maximum absolute atomic E-state index is 12.7. The predicted octanol–water partition coefficient (Wildman–Crippen LogP) is 1.84. The summed E-state index contributed by atoms with van der Waals surface area (Å²) in [6.45, 7) is 7.46. The Bertz CT molecular complexity index is 585. The molecule has 1 aliphatic heterocycles. The molecule has 2 N–H and O–H groups in total. The van der Waals surface area contributed by atoms with Crippen LogP contribution in [-0.4, -0.2) is 34.6 Å². The smallest absolute Gasteiger partial charge is 0.325 e. The minimum atomic E-state index is -1.07. The molecule has 1 aromatic rings. The fourth-order valence-electron chi connectivity index (χ4n) is 2.76. The Morgan fingerprint density at radius 1 is 1.33 bits per heavy atom. The molecular weight excluding hydrogens is 268 g/mol. The average Bonchev–Trinajstić information content (AvgIpc) is 2.62. The van der Waals surface area contributed by atoms with E-state index in [0.717, 1.165) is 21.6 Å². The van der Waals surface area contributed by atoms with E-state index in [4.69, 9.17) is 0 Å². The summed E-state index contributed by atoms with van der Waals surface area (Å²) >= 11 is 0. The molecule has 21 heavy (non-hydrogen) atoms. The van der Waals surface area contributed by atoms with Crippen molar-refractivity contribution < 1.29 is 14.7 Å². The second-order valence-corrected chi connectivity index (χ2v) is 5.85. The summed E-state index contributed by atoms with van der Waals surface area (Å²) in [4.78, 5) is 25.8. The molecule has 1 aliphatic rings. The van der Waals surface area contributed by atoms with E-state index in [2.05, 4.69) is 5.32 Å². The Morgan fingerprint density at radius 2 is 2.00 bits per heavy atom. The number of aliphatic hydroxyl groups excluding tert-OH is 1. The molecule has 1 fully saturated rings. The van der Waals surface area contributed by atoms with Gasteiger partial charge in [-0.3, -0.25) is 9.69 Å². The molecule has 1 aromatic carbocycles. The van der Waals surface area contributed by atoms with Gasteiger partial charge in [-0.25, -0.2) is 4.79 Å². The van der Waals surface area contributed by atoms with Gasteiger partial charge in [0, 0.05) is 0 Å². The first-order valence-electron chi connectivity index (χ1n) is 7.19. The first kappa shape index (κ1) is 15.5. The lowest BCUT2D eigenvalue weighted by atomic mass is 9.87. The monoisotopic (exact) mass is 290 g/mol. The summed E-state index contributed by atoms with van der Waals surface area (Å²) in [5, 5.41) is 12.5. The summed E-state index contributed by atoms with van der Waals surface area (Å²) in [5.74, 6) is -0.313. The SMILES string of the molecule is CCC(O)CN1C(=O)NC(C)(c2ccc(C)cc2C)C1=O. The zero-order valence-electron chi connectivity index (χ0n) is 12.9. The van der Waals surface area contributed by atoms with Crippen molar-refractivity contribution in [2.45, 2.75) is 45.8 Å². The number of aryl methyl sites for hydroxylation is 2. The van der Waals surface area contributed by atoms with Gasteiger partial charge in [0.1, 0.15) is 5.54 Å². The van der Waals surface area contributed by atoms with Crippen molar-refractivity contribution in [1.29, 1.82) is 0 Å². The van der Waals surface area contributed by atoms with Gasteiger partial charge < -0.3 is 10.4 Å². The number of benzene rings is 1. The van der Waals surface area contributed by atoms with E-state index in [1.54, 1.807) is 6.92 Å². The lowest BCUT2D eigenvalue weighted by molar-refractivity contribution is -0.132. The van der Waals surface area contributed by atoms with Crippen molar-refractivity contribution in [3.05, 3.63) is 34.9 Å². The van der Waals surface area contributed by atoms with Crippen LogP contribution in [0.1, 0.15) is 37.0 Å². The van der Waals surface area contributed by atoms with Crippen LogP contribution in [-0.2, 0) is 10.3 Å². The van der Waals surface area contributed by atoms with E-state index in [-0.39, 0.29) is 12.5 Å². The number of carbonyl (C=O) groups excluding carboxylic acids is 2. The maximum Gasteiger partial charge on any atom is 0.325 e. The van der Waals surface area contributed by atoms with Crippen molar-refractivity contribution in [2.75, 3.05) is 6.54 Å². The zero-order chi connectivity index (χ0) is 15.8. The molecule has 0 aromatic heterocycles. The number of β-amino-alcohol motifs (C(OH)–C–C–N with tert-alkyl or cyclic N) is 1. The number of aliphatic hydroxyl groups is 1. The zero-order valence-corrected chi connectivity index (χ0v) is 12.9. The quantitative estimate of drug-likeness (QED) is 0.831. The fourth-order valence-corrected chi connectivity index (χ4v) is 2.76. The molecule has 1 heterocycles. The highest BCUT2D eigenvalue weighted by atomic mass is 16.3. The van der Waals surface area contributed by atoms with Crippen LogP contribution in [0.15, 0.2) is 18.2 Å². The Balaban J connectivity index is 2.36. The van der Waals surface area contributed by atoms with Gasteiger partial charge in [0.15, 0.2) is 0 Å². The summed E-state index contributed by atoms with van der Waals surface area (Å²) in [6.07, 6.45) is -0.196. The molecule has 3 amide bonds. The van der Waals surface area contributed by atoms with Crippen LogP contribution in [0, 0.1) is 13.8 Å². The van der Waals surface area contributed by atoms with E-state index in [1.165, 1.54) is 0 Å². The van der Waals surface area contributed by atoms with Gasteiger partial charge >= 0.3 is 6.03 Å². The van der Waals surface area contributed by atoms with Crippen LogP contribution in [0.5, 0.6) is 0 Å². The van der Waals surface area contributed by atoms with Crippen molar-refractivity contribution >= 4 is 11.9 Å². The van der Waals surface area contributed by atoms with Crippen molar-refractivity contribution in [2.24, 2.45) is 0 Å². The van der Waals surface area contributed by atoms with Crippen LogP contribution in [0.25, 0.3) is 0 Å². The first-order valence-corrected chi connectivity index (χ1v) is 7.19. The van der Waals surface area contributed by atoms with Crippen LogP contribution in [0.2, 0.25) is 0 Å². The Morgan fingerprint density at radius 3 is 2.57 bits per heavy atom. The Hall–Kier alpha value is -1.88. The molecule has 5 heteroatoms. The highest BCUT2D eigenvalue weighted by molar-refractivity contribution is 6.07. The summed E-state index contributed by atoms with van der Waals surface area (Å²) < 4.78 is 0. The third-order valence-corrected chi connectivity index (χ3v) is 4.06. The van der Waals surface area contributed by atoms with Gasteiger partial charge in [0.05, 0.1) is 12.6 Å². The van der Waals surface area contributed by atoms with Gasteiger partial charge in [-0.15, -0.1) is 0 Å². The Kier molecular flexibility index (Phi) is 4.05. The summed E-state index contributed by atoms with van der Waals surface area (Å²) in [6, 6.07) is 5.35. The molecule has 1 saturated heterocycles. The third kappa shape index (κ3) is 2.65. The van der Waals surface area contributed by atoms with Gasteiger partial charge in [0.2, 0.25) is 0 Å². The van der Waals surface area contributed by atoms with Crippen molar-refractivity contribution in [1.82, 2.24) is 10.2 Å². The highest BCUT2D eigenvalue weighted by Crippen LogP contribution is 2.31. The number of rotatable bonds is 4. The number of urea groups is 1. The third-order valence-electron chi connectivity index (χ3n) is 4.06. The molecule has 0 saturated carbocycles. The van der Waals surface area contributed by atoms with Crippen LogP contribution in [0.3, 0.4) is 0 Å². The summed E-state index contributed by atoms with van der Waals surface area (Å²) in [5.41, 5.74) is 1.79. The normalized spacial score (nSPS) is 23.4. The molecule has 0 aliphatic carbocycles. The number of nitrogens with zero attached hydrogens (tertiary/aromatic N) is 1. The number of nitrogens with one attached hydrogen (secondary N) is 1. The number of hydrogen-bond acceptors (Lipinski definition) is 3. The molecule has 2 unspecified atom stereocenters. The highest BCUT2D eigenvalue weighted by Gasteiger charge is 2.49. The first-order chi connectivity index (χ1) is 9.79. The van der Waals surface area contributed by atoms with E-state index in [0.29, 0.717) is 6.42 Å². The van der Waals surface area contributed by atoms with Crippen LogP contribution in [0.4, 0.5) is 4.79 Å². The van der Waals surface area contributed by atoms with Gasteiger partial charge in [0.25, 0.3) is 5.91 Å². The van der Waals surface area contributed by atoms with E-state index < -0.39 is 17.7 Å². The van der Waals surface area contributed by atoms with Crippen molar-refractivity contribution in [3.8, 4) is 0 Å². The largest absolute Gasteiger partial charge is 0.391 e. The van der Waals surface area contributed by atoms with E-state index >= 15 is 0 Å². The lowest BCUT2D eigenvalue weighted by Gasteiger charge is -2.25. The van der Waals surface area contributed by atoms with Gasteiger partial charge in [-0.1, -0.05) is 30.7 Å². The predicted molar refractivity (Wildman–Crippen MR) is 79.8 cm³/mol. The summed E-state index contributed by atoms with van der Waals surface area (Å²) in [7, 11) is 0. The van der Waals surface area contributed by atoms with Gasteiger partial charge in [-0.2, -0.15) is 0 Å². The lowest BCUT2D eigenvalue weighted by Crippen LogP contribution is -2.42. The average molecular weight is 290 g/mol. The van der Waals surface area contributed by atoms with E-state index in [9.17, 15) is 14.7 Å². The minimum Gasteiger partial charge on any atom is -0.391 e. The van der Waals surface area contributed by atoms with Crippen LogP contribution < -0.4 is 5.32 Å². The fraction of sp³-hybridized carbons (Fsp3) is 0.500. The van der Waals surface area contributed by atoms with Gasteiger partial charge in [-0.05, 0) is 38.3 Å². The molecule has 114 valence electrons. The van der Waals surface area contributed by atoms with Crippen LogP contribution >= 0.6 is 0 Å². The number of amides is 3. The number of carbonyl (C=O) groups is 2. The molecule has 0 spiro atoms. The minimum absolute atomic E-state index is 0.0294. The standard InChI is InChI=1S/C16H22N2O3/c1-5-12(19)9-18-14(20)16(4,17-15(18)21)13-7-6-10(2)8-11(13)3/h6-8,12,19H,5,9H2,1-4H3,(H,17,21). The number of imide groups is 1. The molecular formula is C16H22N2O3. The number of hydrogen-bond donors (Lipinski definition) is 2. The molecule has 2 rings (SSSR count). The Labute approximate surface area is 125 Å². The van der Waals surface area contributed by atoms with E-state index in [1.807, 2.05) is 39.0 Å². The molecule has 5 nitrogen and oxygen atoms in total. The molecule has 2 atom stereocenters. The molecule has 0 radical (unpaired) electrons. The second kappa shape index (κ2) is 5.48.